The number of hydrogen-bond donors (Lipinski definition) is 2. The van der Waals surface area contributed by atoms with E-state index in [4.69, 9.17) is 0 Å². The molecule has 4 heteroatoms. The van der Waals surface area contributed by atoms with Crippen LogP contribution in [0.1, 0.15) is 11.3 Å². The van der Waals surface area contributed by atoms with E-state index in [2.05, 4.69) is 32.6 Å². The predicted octanol–water partition coefficient (Wildman–Crippen LogP) is 2.88. The molecule has 0 saturated carbocycles. The van der Waals surface area contributed by atoms with Gasteiger partial charge in [0, 0.05) is 35.1 Å². The summed E-state index contributed by atoms with van der Waals surface area (Å²) in [5.41, 5.74) is 4.38. The molecule has 0 aliphatic carbocycles. The van der Waals surface area contributed by atoms with Crippen LogP contribution in [0.15, 0.2) is 42.7 Å². The third kappa shape index (κ3) is 1.93. The summed E-state index contributed by atoms with van der Waals surface area (Å²) < 4.78 is 0. The van der Waals surface area contributed by atoms with Gasteiger partial charge in [-0.25, -0.2) is 0 Å². The quantitative estimate of drug-likeness (QED) is 0.737. The summed E-state index contributed by atoms with van der Waals surface area (Å²) >= 11 is 0. The van der Waals surface area contributed by atoms with Crippen molar-refractivity contribution in [2.75, 3.05) is 5.32 Å². The van der Waals surface area contributed by atoms with Gasteiger partial charge in [0.05, 0.1) is 11.7 Å². The lowest BCUT2D eigenvalue weighted by molar-refractivity contribution is 1.04. The van der Waals surface area contributed by atoms with Crippen LogP contribution >= 0.6 is 0 Å². The number of H-pyrrole nitrogens is 1. The first-order chi connectivity index (χ1) is 8.84. The maximum atomic E-state index is 4.35. The number of nitrogens with one attached hydrogen (secondary N) is 2. The zero-order valence-electron chi connectivity index (χ0n) is 10.1. The monoisotopic (exact) mass is 238 g/mol. The Balaban J connectivity index is 1.89. The lowest BCUT2D eigenvalue weighted by atomic mass is 10.1. The summed E-state index contributed by atoms with van der Waals surface area (Å²) in [5, 5.41) is 11.5. The Morgan fingerprint density at radius 3 is 3.00 bits per heavy atom. The van der Waals surface area contributed by atoms with Crippen LogP contribution in [-0.4, -0.2) is 15.2 Å². The zero-order valence-corrected chi connectivity index (χ0v) is 10.1. The third-order valence-electron chi connectivity index (χ3n) is 3.05. The summed E-state index contributed by atoms with van der Waals surface area (Å²) in [6.07, 6.45) is 3.66. The normalized spacial score (nSPS) is 10.7. The Morgan fingerprint density at radius 2 is 2.17 bits per heavy atom. The molecule has 0 fully saturated rings. The van der Waals surface area contributed by atoms with Gasteiger partial charge in [-0.15, -0.1) is 0 Å². The maximum Gasteiger partial charge on any atom is 0.0722 e. The molecule has 2 N–H and O–H groups in total. The van der Waals surface area contributed by atoms with Crippen molar-refractivity contribution in [1.82, 2.24) is 15.2 Å². The van der Waals surface area contributed by atoms with Crippen LogP contribution in [0.5, 0.6) is 0 Å². The van der Waals surface area contributed by atoms with E-state index in [9.17, 15) is 0 Å². The zero-order chi connectivity index (χ0) is 12.4. The van der Waals surface area contributed by atoms with Crippen molar-refractivity contribution in [1.29, 1.82) is 0 Å². The lowest BCUT2D eigenvalue weighted by Crippen LogP contribution is -2.00. The average molecular weight is 238 g/mol. The molecule has 1 aromatic carbocycles. The molecule has 0 unspecified atom stereocenters. The van der Waals surface area contributed by atoms with Gasteiger partial charge in [-0.05, 0) is 31.2 Å². The summed E-state index contributed by atoms with van der Waals surface area (Å²) in [6.45, 7) is 2.78. The van der Waals surface area contributed by atoms with E-state index in [-0.39, 0.29) is 0 Å². The number of rotatable bonds is 3. The van der Waals surface area contributed by atoms with Gasteiger partial charge in [0.15, 0.2) is 0 Å². The molecule has 0 saturated heterocycles. The van der Waals surface area contributed by atoms with Gasteiger partial charge in [-0.3, -0.25) is 10.1 Å². The number of benzene rings is 1. The van der Waals surface area contributed by atoms with E-state index in [0.29, 0.717) is 0 Å². The number of nitrogens with zero attached hydrogens (tertiary/aromatic N) is 2. The van der Waals surface area contributed by atoms with E-state index < -0.39 is 0 Å². The van der Waals surface area contributed by atoms with E-state index in [0.717, 1.165) is 28.8 Å². The maximum absolute atomic E-state index is 4.35. The standard InChI is InChI=1S/C14H14N4/c1-10-11(9-17-18-10)8-16-14-6-2-5-13-12(14)4-3-7-15-13/h2-7,9,16H,8H2,1H3,(H,17,18). The van der Waals surface area contributed by atoms with Gasteiger partial charge in [0.1, 0.15) is 0 Å². The van der Waals surface area contributed by atoms with Crippen LogP contribution in [0.3, 0.4) is 0 Å². The van der Waals surface area contributed by atoms with E-state index in [1.165, 1.54) is 5.56 Å². The first-order valence-corrected chi connectivity index (χ1v) is 5.91. The molecule has 0 radical (unpaired) electrons. The highest BCUT2D eigenvalue weighted by molar-refractivity contribution is 5.91. The van der Waals surface area contributed by atoms with E-state index >= 15 is 0 Å². The highest BCUT2D eigenvalue weighted by Gasteiger charge is 2.03. The summed E-state index contributed by atoms with van der Waals surface area (Å²) in [5.74, 6) is 0. The van der Waals surface area contributed by atoms with Gasteiger partial charge in [-0.1, -0.05) is 6.07 Å². The average Bonchev–Trinajstić information content (AvgIpc) is 2.82. The number of hydrogen-bond acceptors (Lipinski definition) is 3. The molecule has 18 heavy (non-hydrogen) atoms. The van der Waals surface area contributed by atoms with Crippen molar-refractivity contribution >= 4 is 16.6 Å². The minimum atomic E-state index is 0.760. The highest BCUT2D eigenvalue weighted by atomic mass is 15.1. The van der Waals surface area contributed by atoms with Crippen molar-refractivity contribution in [3.63, 3.8) is 0 Å². The Morgan fingerprint density at radius 1 is 1.22 bits per heavy atom. The second kappa shape index (κ2) is 4.49. The molecule has 0 aliphatic heterocycles. The van der Waals surface area contributed by atoms with Crippen LogP contribution in [0.25, 0.3) is 10.9 Å². The molecule has 2 heterocycles. The SMILES string of the molecule is Cc1[nH]ncc1CNc1cccc2ncccc12. The number of anilines is 1. The number of pyridine rings is 1. The van der Waals surface area contributed by atoms with Crippen molar-refractivity contribution < 1.29 is 0 Å². The molecule has 4 nitrogen and oxygen atoms in total. The first-order valence-electron chi connectivity index (χ1n) is 5.91. The first kappa shape index (κ1) is 10.8. The Labute approximate surface area is 105 Å². The van der Waals surface area contributed by atoms with Gasteiger partial charge in [0.25, 0.3) is 0 Å². The van der Waals surface area contributed by atoms with E-state index in [1.54, 1.807) is 0 Å². The summed E-state index contributed by atoms with van der Waals surface area (Å²) in [4.78, 5) is 4.35. The van der Waals surface area contributed by atoms with Crippen molar-refractivity contribution in [3.8, 4) is 0 Å². The van der Waals surface area contributed by atoms with Gasteiger partial charge >= 0.3 is 0 Å². The molecule has 0 spiro atoms. The molecule has 0 aliphatic rings. The molecule has 0 atom stereocenters. The van der Waals surface area contributed by atoms with E-state index in [1.807, 2.05) is 37.5 Å². The second-order valence-corrected chi connectivity index (χ2v) is 4.25. The predicted molar refractivity (Wildman–Crippen MR) is 72.4 cm³/mol. The Hall–Kier alpha value is -2.36. The van der Waals surface area contributed by atoms with Crippen molar-refractivity contribution in [2.24, 2.45) is 0 Å². The van der Waals surface area contributed by atoms with Crippen molar-refractivity contribution in [3.05, 3.63) is 54.0 Å². The minimum Gasteiger partial charge on any atom is -0.380 e. The molecule has 0 bridgehead atoms. The fourth-order valence-electron chi connectivity index (χ4n) is 2.00. The Kier molecular flexibility index (Phi) is 2.68. The second-order valence-electron chi connectivity index (χ2n) is 4.25. The molecule has 0 amide bonds. The van der Waals surface area contributed by atoms with Crippen LogP contribution in [-0.2, 0) is 6.54 Å². The molecule has 90 valence electrons. The lowest BCUT2D eigenvalue weighted by Gasteiger charge is -2.08. The fourth-order valence-corrected chi connectivity index (χ4v) is 2.00. The number of aromatic amines is 1. The Bertz CT molecular complexity index is 667. The number of aromatic nitrogens is 3. The van der Waals surface area contributed by atoms with Crippen LogP contribution in [0, 0.1) is 6.92 Å². The molecule has 3 aromatic rings. The summed E-state index contributed by atoms with van der Waals surface area (Å²) in [7, 11) is 0. The third-order valence-corrected chi connectivity index (χ3v) is 3.05. The molecule has 3 rings (SSSR count). The number of fused-ring (bicyclic) bond motifs is 1. The fraction of sp³-hybridized carbons (Fsp3) is 0.143. The summed E-state index contributed by atoms with van der Waals surface area (Å²) in [6, 6.07) is 10.1. The van der Waals surface area contributed by atoms with Crippen LogP contribution in [0.4, 0.5) is 5.69 Å². The highest BCUT2D eigenvalue weighted by Crippen LogP contribution is 2.21. The van der Waals surface area contributed by atoms with Crippen LogP contribution < -0.4 is 5.32 Å². The van der Waals surface area contributed by atoms with Crippen molar-refractivity contribution in [2.45, 2.75) is 13.5 Å². The molecular formula is C14H14N4. The molecule has 2 aromatic heterocycles. The molecular weight excluding hydrogens is 224 g/mol. The van der Waals surface area contributed by atoms with Crippen LogP contribution in [0.2, 0.25) is 0 Å². The smallest absolute Gasteiger partial charge is 0.0722 e. The van der Waals surface area contributed by atoms with Gasteiger partial charge < -0.3 is 5.32 Å². The number of aryl methyl sites for hydroxylation is 1. The van der Waals surface area contributed by atoms with Gasteiger partial charge in [0.2, 0.25) is 0 Å². The minimum absolute atomic E-state index is 0.760. The topological polar surface area (TPSA) is 53.6 Å². The van der Waals surface area contributed by atoms with Gasteiger partial charge in [-0.2, -0.15) is 5.10 Å². The largest absolute Gasteiger partial charge is 0.380 e.